The smallest absolute Gasteiger partial charge is 0.243 e. The molecule has 35 heavy (non-hydrogen) atoms. The first-order valence-corrected chi connectivity index (χ1v) is 12.4. The summed E-state index contributed by atoms with van der Waals surface area (Å²) in [6.45, 7) is 14.2. The fourth-order valence-corrected chi connectivity index (χ4v) is 3.26. The Hall–Kier alpha value is -2.69. The van der Waals surface area contributed by atoms with Crippen LogP contribution >= 0.6 is 0 Å². The second kappa shape index (κ2) is 15.3. The second-order valence-electron chi connectivity index (χ2n) is 9.93. The SMILES string of the molecule is CC[C@H](C)[C@H](NC(=O)[C@@H](N)C(C)C)C(=O)N[C@H](C(=O)N[C@H](C(=O)NCC(N)=O)[C@@H](C)CC)C(C)C. The molecule has 0 spiro atoms. The van der Waals surface area contributed by atoms with E-state index >= 15 is 0 Å². The van der Waals surface area contributed by atoms with E-state index < -0.39 is 53.7 Å². The fraction of sp³-hybridized carbons (Fsp3) is 0.792. The molecule has 0 fully saturated rings. The van der Waals surface area contributed by atoms with Crippen LogP contribution in [0.1, 0.15) is 68.2 Å². The van der Waals surface area contributed by atoms with Crippen molar-refractivity contribution >= 4 is 29.5 Å². The van der Waals surface area contributed by atoms with Crippen molar-refractivity contribution in [3.63, 3.8) is 0 Å². The van der Waals surface area contributed by atoms with Gasteiger partial charge in [0.25, 0.3) is 0 Å². The maximum Gasteiger partial charge on any atom is 0.243 e. The predicted octanol–water partition coefficient (Wildman–Crippen LogP) is -0.226. The van der Waals surface area contributed by atoms with Gasteiger partial charge in [-0.05, 0) is 23.7 Å². The lowest BCUT2D eigenvalue weighted by molar-refractivity contribution is -0.136. The number of hydrogen-bond acceptors (Lipinski definition) is 6. The van der Waals surface area contributed by atoms with Gasteiger partial charge in [-0.15, -0.1) is 0 Å². The summed E-state index contributed by atoms with van der Waals surface area (Å²) < 4.78 is 0. The summed E-state index contributed by atoms with van der Waals surface area (Å²) in [6.07, 6.45) is 1.20. The molecule has 0 saturated heterocycles. The van der Waals surface area contributed by atoms with E-state index in [1.165, 1.54) is 0 Å². The van der Waals surface area contributed by atoms with Gasteiger partial charge in [0.15, 0.2) is 0 Å². The molecule has 0 rings (SSSR count). The van der Waals surface area contributed by atoms with E-state index in [-0.39, 0.29) is 30.2 Å². The Kier molecular flexibility index (Phi) is 14.2. The summed E-state index contributed by atoms with van der Waals surface area (Å²) in [5.41, 5.74) is 11.0. The minimum absolute atomic E-state index is 0.108. The largest absolute Gasteiger partial charge is 0.368 e. The number of primary amides is 1. The lowest BCUT2D eigenvalue weighted by atomic mass is 9.94. The van der Waals surface area contributed by atoms with Gasteiger partial charge in [0.2, 0.25) is 29.5 Å². The molecule has 0 heterocycles. The molecule has 202 valence electrons. The van der Waals surface area contributed by atoms with Crippen LogP contribution in [0.25, 0.3) is 0 Å². The van der Waals surface area contributed by atoms with Crippen LogP contribution < -0.4 is 32.7 Å². The van der Waals surface area contributed by atoms with Gasteiger partial charge in [-0.25, -0.2) is 0 Å². The van der Waals surface area contributed by atoms with Crippen LogP contribution in [-0.4, -0.2) is 60.2 Å². The molecule has 0 saturated carbocycles. The summed E-state index contributed by atoms with van der Waals surface area (Å²) in [4.78, 5) is 62.5. The van der Waals surface area contributed by atoms with Crippen molar-refractivity contribution in [3.8, 4) is 0 Å². The summed E-state index contributed by atoms with van der Waals surface area (Å²) in [6, 6.07) is -3.52. The zero-order valence-electron chi connectivity index (χ0n) is 22.4. The van der Waals surface area contributed by atoms with Crippen LogP contribution in [-0.2, 0) is 24.0 Å². The lowest BCUT2D eigenvalue weighted by Crippen LogP contribution is -2.61. The monoisotopic (exact) mass is 498 g/mol. The lowest BCUT2D eigenvalue weighted by Gasteiger charge is -2.30. The van der Waals surface area contributed by atoms with Crippen molar-refractivity contribution < 1.29 is 24.0 Å². The molecule has 11 nitrogen and oxygen atoms in total. The van der Waals surface area contributed by atoms with E-state index in [1.807, 2.05) is 34.6 Å². The molecule has 0 aliphatic carbocycles. The molecule has 0 aliphatic heterocycles. The highest BCUT2D eigenvalue weighted by Gasteiger charge is 2.35. The predicted molar refractivity (Wildman–Crippen MR) is 135 cm³/mol. The Morgan fingerprint density at radius 2 is 1.03 bits per heavy atom. The number of nitrogens with one attached hydrogen (secondary N) is 4. The number of rotatable bonds is 15. The Bertz CT molecular complexity index is 742. The minimum Gasteiger partial charge on any atom is -0.368 e. The maximum atomic E-state index is 13.2. The van der Waals surface area contributed by atoms with Gasteiger partial charge < -0.3 is 32.7 Å². The zero-order valence-corrected chi connectivity index (χ0v) is 22.4. The van der Waals surface area contributed by atoms with Crippen molar-refractivity contribution in [1.82, 2.24) is 21.3 Å². The van der Waals surface area contributed by atoms with Crippen LogP contribution in [0.3, 0.4) is 0 Å². The van der Waals surface area contributed by atoms with Gasteiger partial charge in [0.1, 0.15) is 18.1 Å². The molecule has 6 atom stereocenters. The van der Waals surface area contributed by atoms with Crippen molar-refractivity contribution in [2.24, 2.45) is 35.1 Å². The van der Waals surface area contributed by atoms with Gasteiger partial charge in [-0.1, -0.05) is 68.2 Å². The van der Waals surface area contributed by atoms with Crippen LogP contribution in [0.2, 0.25) is 0 Å². The quantitative estimate of drug-likeness (QED) is 0.181. The topological polar surface area (TPSA) is 186 Å². The molecule has 8 N–H and O–H groups in total. The molecule has 11 heteroatoms. The average molecular weight is 499 g/mol. The van der Waals surface area contributed by atoms with E-state index in [0.717, 1.165) is 0 Å². The van der Waals surface area contributed by atoms with E-state index in [4.69, 9.17) is 11.5 Å². The fourth-order valence-electron chi connectivity index (χ4n) is 3.26. The van der Waals surface area contributed by atoms with E-state index in [2.05, 4.69) is 21.3 Å². The summed E-state index contributed by atoms with van der Waals surface area (Å²) in [5.74, 6) is -3.57. The third-order valence-corrected chi connectivity index (χ3v) is 6.29. The Balaban J connectivity index is 5.67. The second-order valence-corrected chi connectivity index (χ2v) is 9.93. The highest BCUT2D eigenvalue weighted by molar-refractivity contribution is 5.95. The van der Waals surface area contributed by atoms with E-state index in [1.54, 1.807) is 20.8 Å². The minimum atomic E-state index is -0.958. The molecule has 0 aliphatic rings. The van der Waals surface area contributed by atoms with Crippen LogP contribution in [0.4, 0.5) is 0 Å². The first kappa shape index (κ1) is 32.3. The number of carbonyl (C=O) groups excluding carboxylic acids is 5. The molecule has 0 radical (unpaired) electrons. The van der Waals surface area contributed by atoms with Gasteiger partial charge in [-0.2, -0.15) is 0 Å². The van der Waals surface area contributed by atoms with Crippen LogP contribution in [0.15, 0.2) is 0 Å². The van der Waals surface area contributed by atoms with Crippen LogP contribution in [0, 0.1) is 23.7 Å². The highest BCUT2D eigenvalue weighted by Crippen LogP contribution is 2.13. The average Bonchev–Trinajstić information content (AvgIpc) is 2.80. The first-order chi connectivity index (χ1) is 16.2. The molecule has 0 unspecified atom stereocenters. The molecular weight excluding hydrogens is 452 g/mol. The van der Waals surface area contributed by atoms with Gasteiger partial charge in [0, 0.05) is 0 Å². The Labute approximate surface area is 209 Å². The Morgan fingerprint density at radius 1 is 0.629 bits per heavy atom. The van der Waals surface area contributed by atoms with Crippen LogP contribution in [0.5, 0.6) is 0 Å². The normalized spacial score (nSPS) is 16.4. The van der Waals surface area contributed by atoms with Crippen molar-refractivity contribution in [1.29, 1.82) is 0 Å². The van der Waals surface area contributed by atoms with E-state index in [9.17, 15) is 24.0 Å². The molecule has 0 aromatic rings. The van der Waals surface area contributed by atoms with Gasteiger partial charge >= 0.3 is 0 Å². The first-order valence-electron chi connectivity index (χ1n) is 12.4. The van der Waals surface area contributed by atoms with E-state index in [0.29, 0.717) is 12.8 Å². The number of nitrogens with two attached hydrogens (primary N) is 2. The third-order valence-electron chi connectivity index (χ3n) is 6.29. The molecular formula is C24H46N6O5. The molecule has 5 amide bonds. The molecule has 0 aromatic carbocycles. The van der Waals surface area contributed by atoms with Gasteiger partial charge in [-0.3, -0.25) is 24.0 Å². The van der Waals surface area contributed by atoms with Gasteiger partial charge in [0.05, 0.1) is 12.6 Å². The van der Waals surface area contributed by atoms with Crippen molar-refractivity contribution in [2.45, 2.75) is 92.4 Å². The highest BCUT2D eigenvalue weighted by atomic mass is 16.2. The third kappa shape index (κ3) is 10.6. The molecule has 0 bridgehead atoms. The Morgan fingerprint density at radius 3 is 1.43 bits per heavy atom. The number of amides is 5. The summed E-state index contributed by atoms with van der Waals surface area (Å²) >= 11 is 0. The standard InChI is InChI=1S/C24H46N6O5/c1-9-14(7)19(22(33)27-11-16(25)31)30-23(34)18(13(5)6)28-24(35)20(15(8)10-2)29-21(32)17(26)12(3)4/h12-15,17-20H,9-11,26H2,1-8H3,(H2,25,31)(H,27,33)(H,28,35)(H,29,32)(H,30,34)/t14-,15-,17-,18-,19-,20-/m0/s1. The van der Waals surface area contributed by atoms with Crippen molar-refractivity contribution in [3.05, 3.63) is 0 Å². The van der Waals surface area contributed by atoms with Crippen molar-refractivity contribution in [2.75, 3.05) is 6.54 Å². The maximum absolute atomic E-state index is 13.2. The molecule has 0 aromatic heterocycles. The number of hydrogen-bond donors (Lipinski definition) is 6. The summed E-state index contributed by atoms with van der Waals surface area (Å²) in [7, 11) is 0. The number of carbonyl (C=O) groups is 5. The zero-order chi connectivity index (χ0) is 27.5. The summed E-state index contributed by atoms with van der Waals surface area (Å²) in [5, 5.41) is 10.6.